The minimum atomic E-state index is -0.272. The Bertz CT molecular complexity index is 687. The van der Waals surface area contributed by atoms with E-state index in [1.54, 1.807) is 37.4 Å². The van der Waals surface area contributed by atoms with Crippen LogP contribution in [0.1, 0.15) is 21.5 Å². The van der Waals surface area contributed by atoms with Gasteiger partial charge in [-0.25, -0.2) is 0 Å². The second-order valence-corrected chi connectivity index (χ2v) is 4.35. The summed E-state index contributed by atoms with van der Waals surface area (Å²) in [6.45, 7) is 1.94. The van der Waals surface area contributed by atoms with E-state index in [0.717, 1.165) is 5.56 Å². The quantitative estimate of drug-likeness (QED) is 0.928. The first kappa shape index (κ1) is 13.6. The summed E-state index contributed by atoms with van der Waals surface area (Å²) in [6.07, 6.45) is 0. The molecular formula is C16H14N2O2. The molecule has 0 aromatic heterocycles. The van der Waals surface area contributed by atoms with Gasteiger partial charge in [0.15, 0.2) is 0 Å². The van der Waals surface area contributed by atoms with Gasteiger partial charge >= 0.3 is 0 Å². The second kappa shape index (κ2) is 5.89. The molecule has 20 heavy (non-hydrogen) atoms. The van der Waals surface area contributed by atoms with Crippen LogP contribution in [0.15, 0.2) is 42.5 Å². The number of hydrogen-bond acceptors (Lipinski definition) is 3. The number of benzene rings is 2. The van der Waals surface area contributed by atoms with Gasteiger partial charge in [-0.05, 0) is 42.8 Å². The molecular weight excluding hydrogens is 252 g/mol. The lowest BCUT2D eigenvalue weighted by Gasteiger charge is -2.11. The smallest absolute Gasteiger partial charge is 0.255 e. The molecule has 0 saturated heterocycles. The lowest BCUT2D eigenvalue weighted by molar-refractivity contribution is 0.102. The SMILES string of the molecule is COc1ccc(C)cc1NC(=O)c1cccc(C#N)c1. The third kappa shape index (κ3) is 2.96. The predicted octanol–water partition coefficient (Wildman–Crippen LogP) is 3.13. The van der Waals surface area contributed by atoms with E-state index in [0.29, 0.717) is 22.6 Å². The fourth-order valence-corrected chi connectivity index (χ4v) is 1.84. The minimum absolute atomic E-state index is 0.272. The number of rotatable bonds is 3. The molecule has 0 radical (unpaired) electrons. The number of amides is 1. The van der Waals surface area contributed by atoms with E-state index >= 15 is 0 Å². The Hall–Kier alpha value is -2.80. The number of nitrogens with one attached hydrogen (secondary N) is 1. The highest BCUT2D eigenvalue weighted by atomic mass is 16.5. The molecule has 0 spiro atoms. The summed E-state index contributed by atoms with van der Waals surface area (Å²) in [5, 5.41) is 11.6. The highest BCUT2D eigenvalue weighted by Gasteiger charge is 2.10. The van der Waals surface area contributed by atoms with Crippen LogP contribution in [-0.4, -0.2) is 13.0 Å². The Morgan fingerprint density at radius 1 is 1.25 bits per heavy atom. The molecule has 0 fully saturated rings. The summed E-state index contributed by atoms with van der Waals surface area (Å²) in [5.41, 5.74) is 2.52. The number of nitrogens with zero attached hydrogens (tertiary/aromatic N) is 1. The van der Waals surface area contributed by atoms with E-state index in [2.05, 4.69) is 5.32 Å². The molecule has 0 atom stereocenters. The van der Waals surface area contributed by atoms with Gasteiger partial charge < -0.3 is 10.1 Å². The van der Waals surface area contributed by atoms with E-state index in [1.165, 1.54) is 0 Å². The zero-order chi connectivity index (χ0) is 14.5. The Balaban J connectivity index is 2.27. The van der Waals surface area contributed by atoms with Crippen LogP contribution in [0.5, 0.6) is 5.75 Å². The van der Waals surface area contributed by atoms with Gasteiger partial charge in [-0.1, -0.05) is 12.1 Å². The average Bonchev–Trinajstić information content (AvgIpc) is 2.47. The van der Waals surface area contributed by atoms with Crippen molar-refractivity contribution in [1.82, 2.24) is 0 Å². The maximum absolute atomic E-state index is 12.2. The highest BCUT2D eigenvalue weighted by Crippen LogP contribution is 2.25. The van der Waals surface area contributed by atoms with Crippen molar-refractivity contribution in [2.24, 2.45) is 0 Å². The Labute approximate surface area is 117 Å². The number of nitriles is 1. The zero-order valence-corrected chi connectivity index (χ0v) is 11.3. The normalized spacial score (nSPS) is 9.65. The molecule has 0 aliphatic heterocycles. The van der Waals surface area contributed by atoms with Crippen molar-refractivity contribution >= 4 is 11.6 Å². The summed E-state index contributed by atoms with van der Waals surface area (Å²) < 4.78 is 5.21. The Kier molecular flexibility index (Phi) is 4.02. The largest absolute Gasteiger partial charge is 0.495 e. The first-order valence-electron chi connectivity index (χ1n) is 6.10. The summed E-state index contributed by atoms with van der Waals surface area (Å²) in [7, 11) is 1.55. The number of ether oxygens (including phenoxy) is 1. The Morgan fingerprint density at radius 2 is 2.05 bits per heavy atom. The molecule has 0 bridgehead atoms. The maximum Gasteiger partial charge on any atom is 0.255 e. The first-order valence-corrected chi connectivity index (χ1v) is 6.10. The number of carbonyl (C=O) groups is 1. The summed E-state index contributed by atoms with van der Waals surface area (Å²) in [6, 6.07) is 14.1. The van der Waals surface area contributed by atoms with Gasteiger partial charge in [0.05, 0.1) is 24.4 Å². The number of aryl methyl sites for hydroxylation is 1. The molecule has 1 N–H and O–H groups in total. The van der Waals surface area contributed by atoms with Crippen molar-refractivity contribution in [2.45, 2.75) is 6.92 Å². The third-order valence-corrected chi connectivity index (χ3v) is 2.86. The van der Waals surface area contributed by atoms with Crippen molar-refractivity contribution in [3.8, 4) is 11.8 Å². The number of carbonyl (C=O) groups excluding carboxylic acids is 1. The van der Waals surface area contributed by atoms with Crippen LogP contribution in [0.3, 0.4) is 0 Å². The van der Waals surface area contributed by atoms with Gasteiger partial charge in [0.1, 0.15) is 5.75 Å². The van der Waals surface area contributed by atoms with Crippen LogP contribution in [0, 0.1) is 18.3 Å². The zero-order valence-electron chi connectivity index (χ0n) is 11.3. The van der Waals surface area contributed by atoms with Crippen molar-refractivity contribution in [2.75, 3.05) is 12.4 Å². The average molecular weight is 266 g/mol. The molecule has 4 nitrogen and oxygen atoms in total. The number of anilines is 1. The van der Waals surface area contributed by atoms with Crippen molar-refractivity contribution in [3.63, 3.8) is 0 Å². The molecule has 0 aliphatic carbocycles. The fraction of sp³-hybridized carbons (Fsp3) is 0.125. The van der Waals surface area contributed by atoms with Gasteiger partial charge in [0, 0.05) is 5.56 Å². The topological polar surface area (TPSA) is 62.1 Å². The van der Waals surface area contributed by atoms with Crippen molar-refractivity contribution in [3.05, 3.63) is 59.2 Å². The van der Waals surface area contributed by atoms with Crippen LogP contribution >= 0.6 is 0 Å². The minimum Gasteiger partial charge on any atom is -0.495 e. The van der Waals surface area contributed by atoms with Crippen LogP contribution in [0.4, 0.5) is 5.69 Å². The Morgan fingerprint density at radius 3 is 2.75 bits per heavy atom. The van der Waals surface area contributed by atoms with Gasteiger partial charge in [-0.3, -0.25) is 4.79 Å². The van der Waals surface area contributed by atoms with Gasteiger partial charge in [0.2, 0.25) is 0 Å². The number of hydrogen-bond donors (Lipinski definition) is 1. The van der Waals surface area contributed by atoms with Gasteiger partial charge in [0.25, 0.3) is 5.91 Å². The van der Waals surface area contributed by atoms with Crippen molar-refractivity contribution in [1.29, 1.82) is 5.26 Å². The summed E-state index contributed by atoms with van der Waals surface area (Å²) >= 11 is 0. The lowest BCUT2D eigenvalue weighted by atomic mass is 10.1. The van der Waals surface area contributed by atoms with E-state index in [-0.39, 0.29) is 5.91 Å². The van der Waals surface area contributed by atoms with Crippen LogP contribution < -0.4 is 10.1 Å². The molecule has 0 unspecified atom stereocenters. The fourth-order valence-electron chi connectivity index (χ4n) is 1.84. The molecule has 2 rings (SSSR count). The summed E-state index contributed by atoms with van der Waals surface area (Å²) in [4.78, 5) is 12.2. The lowest BCUT2D eigenvalue weighted by Crippen LogP contribution is -2.12. The molecule has 1 amide bonds. The highest BCUT2D eigenvalue weighted by molar-refractivity contribution is 6.05. The third-order valence-electron chi connectivity index (χ3n) is 2.86. The molecule has 0 saturated carbocycles. The van der Waals surface area contributed by atoms with Crippen molar-refractivity contribution < 1.29 is 9.53 Å². The van der Waals surface area contributed by atoms with Gasteiger partial charge in [-0.2, -0.15) is 5.26 Å². The monoisotopic (exact) mass is 266 g/mol. The maximum atomic E-state index is 12.2. The molecule has 100 valence electrons. The molecule has 0 heterocycles. The van der Waals surface area contributed by atoms with E-state index in [9.17, 15) is 4.79 Å². The van der Waals surface area contributed by atoms with E-state index in [1.807, 2.05) is 25.1 Å². The van der Waals surface area contributed by atoms with Crippen LogP contribution in [0.2, 0.25) is 0 Å². The molecule has 0 aliphatic rings. The van der Waals surface area contributed by atoms with Gasteiger partial charge in [-0.15, -0.1) is 0 Å². The van der Waals surface area contributed by atoms with Crippen LogP contribution in [-0.2, 0) is 0 Å². The van der Waals surface area contributed by atoms with Crippen LogP contribution in [0.25, 0.3) is 0 Å². The van der Waals surface area contributed by atoms with E-state index in [4.69, 9.17) is 10.00 Å². The van der Waals surface area contributed by atoms with E-state index < -0.39 is 0 Å². The molecule has 2 aromatic rings. The summed E-state index contributed by atoms with van der Waals surface area (Å²) in [5.74, 6) is 0.325. The number of methoxy groups -OCH3 is 1. The molecule has 4 heteroatoms. The second-order valence-electron chi connectivity index (χ2n) is 4.35. The molecule has 2 aromatic carbocycles. The first-order chi connectivity index (χ1) is 9.63. The standard InChI is InChI=1S/C16H14N2O2/c1-11-6-7-15(20-2)14(8-11)18-16(19)13-5-3-4-12(9-13)10-17/h3-9H,1-2H3,(H,18,19). The predicted molar refractivity (Wildman–Crippen MR) is 76.8 cm³/mol.